The molecule has 0 aliphatic heterocycles. The third-order valence-electron chi connectivity index (χ3n) is 6.78. The van der Waals surface area contributed by atoms with Crippen LogP contribution in [0.5, 0.6) is 0 Å². The summed E-state index contributed by atoms with van der Waals surface area (Å²) < 4.78 is 0. The molecule has 33 heavy (non-hydrogen) atoms. The zero-order chi connectivity index (χ0) is 22.8. The predicted molar refractivity (Wildman–Crippen MR) is 141 cm³/mol. The summed E-state index contributed by atoms with van der Waals surface area (Å²) in [5.41, 5.74) is 11.4. The molecule has 0 spiro atoms. The summed E-state index contributed by atoms with van der Waals surface area (Å²) >= 11 is 0. The van der Waals surface area contributed by atoms with Gasteiger partial charge in [0, 0.05) is 0 Å². The van der Waals surface area contributed by atoms with Crippen LogP contribution in [0, 0.1) is 20.8 Å². The van der Waals surface area contributed by atoms with Gasteiger partial charge in [0.1, 0.15) is 0 Å². The molecule has 4 aromatic rings. The van der Waals surface area contributed by atoms with Crippen LogP contribution in [0.3, 0.4) is 0 Å². The Morgan fingerprint density at radius 2 is 1.00 bits per heavy atom. The van der Waals surface area contributed by atoms with Gasteiger partial charge in [0.2, 0.25) is 0 Å². The molecule has 0 N–H and O–H groups in total. The highest BCUT2D eigenvalue weighted by Crippen LogP contribution is 2.52. The fourth-order valence-electron chi connectivity index (χ4n) is 5.36. The summed E-state index contributed by atoms with van der Waals surface area (Å²) in [4.78, 5) is 0. The van der Waals surface area contributed by atoms with E-state index in [0.29, 0.717) is 0 Å². The van der Waals surface area contributed by atoms with Crippen LogP contribution >= 0.6 is 0 Å². The van der Waals surface area contributed by atoms with Crippen LogP contribution in [-0.2, 0) is 5.41 Å². The summed E-state index contributed by atoms with van der Waals surface area (Å²) in [6, 6.07) is 38.0. The minimum absolute atomic E-state index is 0.401. The average Bonchev–Trinajstić information content (AvgIpc) is 3.31. The van der Waals surface area contributed by atoms with Crippen molar-refractivity contribution in [3.63, 3.8) is 0 Å². The predicted octanol–water partition coefficient (Wildman–Crippen LogP) is 8.36. The van der Waals surface area contributed by atoms with Crippen molar-refractivity contribution < 1.29 is 0 Å². The molecular weight excluding hydrogens is 396 g/mol. The van der Waals surface area contributed by atoms with E-state index in [1.165, 1.54) is 50.1 Å². The molecule has 0 nitrogen and oxygen atoms in total. The number of hydrogen-bond donors (Lipinski definition) is 0. The van der Waals surface area contributed by atoms with Crippen LogP contribution in [0.1, 0.15) is 45.4 Å². The van der Waals surface area contributed by atoms with Gasteiger partial charge >= 0.3 is 0 Å². The van der Waals surface area contributed by atoms with Gasteiger partial charge in [0.05, 0.1) is 5.41 Å². The Hall–Kier alpha value is -3.64. The first-order valence-electron chi connectivity index (χ1n) is 11.8. The van der Waals surface area contributed by atoms with Crippen LogP contribution in [0.15, 0.2) is 121 Å². The van der Waals surface area contributed by atoms with Crippen molar-refractivity contribution in [1.29, 1.82) is 0 Å². The number of rotatable bonds is 5. The molecule has 0 fully saturated rings. The van der Waals surface area contributed by atoms with Crippen LogP contribution in [0.2, 0.25) is 0 Å². The minimum Gasteiger partial charge on any atom is -0.0753 e. The molecule has 0 heterocycles. The number of hydrogen-bond acceptors (Lipinski definition) is 0. The number of allylic oxidation sites excluding steroid dienone is 4. The standard InChI is InChI=1S/C33H30/c1-24-11-7-16-28(21-24)33(29-17-8-12-25(2)22-29,30-18-9-13-26(3)23-30)32-20-10-19-31(32)27-14-5-4-6-15-27/h4-9,11-23H,10H2,1-3H3. The fourth-order valence-corrected chi connectivity index (χ4v) is 5.36. The smallest absolute Gasteiger partial charge is 0.0704 e. The minimum atomic E-state index is -0.401. The first-order chi connectivity index (χ1) is 16.1. The molecule has 4 aromatic carbocycles. The van der Waals surface area contributed by atoms with Gasteiger partial charge in [-0.05, 0) is 60.6 Å². The lowest BCUT2D eigenvalue weighted by atomic mass is 9.62. The van der Waals surface area contributed by atoms with Crippen LogP contribution in [0.4, 0.5) is 0 Å². The largest absolute Gasteiger partial charge is 0.0753 e. The van der Waals surface area contributed by atoms with Crippen molar-refractivity contribution in [2.75, 3.05) is 0 Å². The second-order valence-corrected chi connectivity index (χ2v) is 9.20. The second kappa shape index (κ2) is 8.71. The van der Waals surface area contributed by atoms with Crippen molar-refractivity contribution in [3.8, 4) is 0 Å². The quantitative estimate of drug-likeness (QED) is 0.281. The first-order valence-corrected chi connectivity index (χ1v) is 11.8. The molecule has 162 valence electrons. The van der Waals surface area contributed by atoms with Gasteiger partial charge in [-0.3, -0.25) is 0 Å². The highest BCUT2D eigenvalue weighted by atomic mass is 14.4. The highest BCUT2D eigenvalue weighted by molar-refractivity contribution is 5.87. The van der Waals surface area contributed by atoms with Gasteiger partial charge < -0.3 is 0 Å². The van der Waals surface area contributed by atoms with Gasteiger partial charge in [-0.15, -0.1) is 0 Å². The molecule has 0 aromatic heterocycles. The fraction of sp³-hybridized carbons (Fsp3) is 0.152. The van der Waals surface area contributed by atoms with E-state index in [-0.39, 0.29) is 0 Å². The van der Waals surface area contributed by atoms with E-state index < -0.39 is 5.41 Å². The Kier molecular flexibility index (Phi) is 5.60. The normalized spacial score (nSPS) is 13.5. The van der Waals surface area contributed by atoms with E-state index in [0.717, 1.165) is 6.42 Å². The summed E-state index contributed by atoms with van der Waals surface area (Å²) in [5, 5.41) is 0. The average molecular weight is 427 g/mol. The molecule has 5 rings (SSSR count). The van der Waals surface area contributed by atoms with Crippen molar-refractivity contribution in [3.05, 3.63) is 160 Å². The molecule has 0 heteroatoms. The Morgan fingerprint density at radius 3 is 1.45 bits per heavy atom. The Bertz CT molecular complexity index is 1240. The van der Waals surface area contributed by atoms with E-state index in [1.807, 2.05) is 0 Å². The van der Waals surface area contributed by atoms with Crippen LogP contribution in [-0.4, -0.2) is 0 Å². The summed E-state index contributed by atoms with van der Waals surface area (Å²) in [7, 11) is 0. The maximum Gasteiger partial charge on any atom is 0.0704 e. The zero-order valence-corrected chi connectivity index (χ0v) is 19.7. The maximum absolute atomic E-state index is 2.44. The maximum atomic E-state index is 2.44. The lowest BCUT2D eigenvalue weighted by molar-refractivity contribution is 0.745. The van der Waals surface area contributed by atoms with Crippen LogP contribution in [0.25, 0.3) is 5.57 Å². The van der Waals surface area contributed by atoms with Crippen molar-refractivity contribution in [1.82, 2.24) is 0 Å². The van der Waals surface area contributed by atoms with E-state index in [9.17, 15) is 0 Å². The van der Waals surface area contributed by atoms with Crippen molar-refractivity contribution >= 4 is 5.57 Å². The Balaban J connectivity index is 1.89. The molecule has 0 atom stereocenters. The van der Waals surface area contributed by atoms with E-state index in [4.69, 9.17) is 0 Å². The second-order valence-electron chi connectivity index (χ2n) is 9.20. The molecule has 1 aliphatic rings. The molecule has 0 amide bonds. The van der Waals surface area contributed by atoms with Gasteiger partial charge in [0.15, 0.2) is 0 Å². The van der Waals surface area contributed by atoms with Crippen molar-refractivity contribution in [2.24, 2.45) is 0 Å². The van der Waals surface area contributed by atoms with Gasteiger partial charge in [-0.25, -0.2) is 0 Å². The molecule has 0 radical (unpaired) electrons. The van der Waals surface area contributed by atoms with E-state index in [2.05, 4.69) is 136 Å². The molecule has 0 saturated carbocycles. The number of benzene rings is 4. The summed E-state index contributed by atoms with van der Waals surface area (Å²) in [6.07, 6.45) is 5.78. The topological polar surface area (TPSA) is 0 Å². The van der Waals surface area contributed by atoms with Crippen molar-refractivity contribution in [2.45, 2.75) is 32.6 Å². The summed E-state index contributed by atoms with van der Waals surface area (Å²) in [6.45, 7) is 6.58. The van der Waals surface area contributed by atoms with Gasteiger partial charge in [-0.1, -0.05) is 132 Å². The third-order valence-corrected chi connectivity index (χ3v) is 6.78. The molecular formula is C33H30. The van der Waals surface area contributed by atoms with Crippen LogP contribution < -0.4 is 0 Å². The molecule has 0 bridgehead atoms. The number of aryl methyl sites for hydroxylation is 3. The Morgan fingerprint density at radius 1 is 0.515 bits per heavy atom. The lowest BCUT2D eigenvalue weighted by Crippen LogP contribution is -2.32. The van der Waals surface area contributed by atoms with Gasteiger partial charge in [0.25, 0.3) is 0 Å². The zero-order valence-electron chi connectivity index (χ0n) is 19.7. The Labute approximate surface area is 198 Å². The molecule has 0 unspecified atom stereocenters. The first kappa shape index (κ1) is 21.2. The lowest BCUT2D eigenvalue weighted by Gasteiger charge is -2.39. The highest BCUT2D eigenvalue weighted by Gasteiger charge is 2.42. The monoisotopic (exact) mass is 426 g/mol. The molecule has 1 aliphatic carbocycles. The SMILES string of the molecule is Cc1cccc(C(C2=CCC=C2c2ccccc2)(c2cccc(C)c2)c2cccc(C)c2)c1. The van der Waals surface area contributed by atoms with E-state index >= 15 is 0 Å². The molecule has 0 saturated heterocycles. The third kappa shape index (κ3) is 3.76. The summed E-state index contributed by atoms with van der Waals surface area (Å²) in [5.74, 6) is 0. The van der Waals surface area contributed by atoms with Gasteiger partial charge in [-0.2, -0.15) is 0 Å². The van der Waals surface area contributed by atoms with E-state index in [1.54, 1.807) is 0 Å².